The highest BCUT2D eigenvalue weighted by Gasteiger charge is 2.50. The molecular formula is C9H8Cl5F9. The summed E-state index contributed by atoms with van der Waals surface area (Å²) in [6, 6.07) is 0. The molecule has 14 heteroatoms. The van der Waals surface area contributed by atoms with E-state index in [1.807, 2.05) is 6.58 Å². The van der Waals surface area contributed by atoms with Gasteiger partial charge >= 0.3 is 12.4 Å². The molecule has 0 aromatic carbocycles. The Morgan fingerprint density at radius 1 is 0.696 bits per heavy atom. The van der Waals surface area contributed by atoms with Gasteiger partial charge in [-0.1, -0.05) is 64.6 Å². The van der Waals surface area contributed by atoms with Gasteiger partial charge in [0.05, 0.1) is 0 Å². The zero-order valence-electron chi connectivity index (χ0n) is 11.0. The molecule has 0 N–H and O–H groups in total. The average molecular weight is 464 g/mol. The number of halogens is 14. The molecule has 0 radical (unpaired) electrons. The molecule has 2 atom stereocenters. The number of allylic oxidation sites excluding steroid dienone is 1. The second-order valence-electron chi connectivity index (χ2n) is 3.67. The van der Waals surface area contributed by atoms with Crippen molar-refractivity contribution in [3.8, 4) is 0 Å². The van der Waals surface area contributed by atoms with Gasteiger partial charge in [-0.05, 0) is 13.8 Å². The fraction of sp³-hybridized carbons (Fsp3) is 0.778. The van der Waals surface area contributed by atoms with Crippen molar-refractivity contribution in [3.63, 3.8) is 0 Å². The predicted molar refractivity (Wildman–Crippen MR) is 73.4 cm³/mol. The zero-order chi connectivity index (χ0) is 20.1. The highest BCUT2D eigenvalue weighted by molar-refractivity contribution is 6.70. The number of hydrogen-bond donors (Lipinski definition) is 0. The molecule has 0 aliphatic carbocycles. The van der Waals surface area contributed by atoms with Gasteiger partial charge < -0.3 is 0 Å². The summed E-state index contributed by atoms with van der Waals surface area (Å²) in [6.45, 7) is 3.25. The van der Waals surface area contributed by atoms with Crippen molar-refractivity contribution in [1.29, 1.82) is 0 Å². The van der Waals surface area contributed by atoms with Crippen LogP contribution in [-0.4, -0.2) is 26.4 Å². The maximum atomic E-state index is 12.3. The van der Waals surface area contributed by atoms with Crippen LogP contribution in [0.4, 0.5) is 39.5 Å². The summed E-state index contributed by atoms with van der Waals surface area (Å²) in [5, 5.41) is -5.88. The first-order valence-electron chi connectivity index (χ1n) is 4.75. The van der Waals surface area contributed by atoms with Gasteiger partial charge in [-0.3, -0.25) is 0 Å². The van der Waals surface area contributed by atoms with Crippen molar-refractivity contribution in [2.75, 3.05) is 0 Å². The van der Waals surface area contributed by atoms with Crippen molar-refractivity contribution >= 4 is 58.0 Å². The van der Waals surface area contributed by atoms with Crippen molar-refractivity contribution in [2.24, 2.45) is 0 Å². The summed E-state index contributed by atoms with van der Waals surface area (Å²) in [4.78, 5) is 0. The molecule has 0 aromatic rings. The molecule has 0 amide bonds. The van der Waals surface area contributed by atoms with E-state index in [4.69, 9.17) is 46.4 Å². The lowest BCUT2D eigenvalue weighted by atomic mass is 10.4. The van der Waals surface area contributed by atoms with Crippen LogP contribution >= 0.6 is 58.0 Å². The third-order valence-corrected chi connectivity index (χ3v) is 3.16. The van der Waals surface area contributed by atoms with Crippen molar-refractivity contribution in [3.05, 3.63) is 12.4 Å². The van der Waals surface area contributed by atoms with Gasteiger partial charge in [-0.25, -0.2) is 13.2 Å². The van der Waals surface area contributed by atoms with E-state index in [0.29, 0.717) is 0 Å². The molecular weight excluding hydrogens is 456 g/mol. The molecule has 0 saturated carbocycles. The summed E-state index contributed by atoms with van der Waals surface area (Å²) < 4.78 is 97.9. The first kappa shape index (κ1) is 28.4. The van der Waals surface area contributed by atoms with E-state index in [2.05, 4.69) is 11.6 Å². The summed E-state index contributed by atoms with van der Waals surface area (Å²) >= 11 is 24.3. The highest BCUT2D eigenvalue weighted by Crippen LogP contribution is 2.43. The van der Waals surface area contributed by atoms with Crippen LogP contribution in [0.25, 0.3) is 0 Å². The highest BCUT2D eigenvalue weighted by atomic mass is 35.6. The van der Waals surface area contributed by atoms with Crippen LogP contribution in [0.15, 0.2) is 12.4 Å². The quantitative estimate of drug-likeness (QED) is 0.254. The van der Waals surface area contributed by atoms with Crippen LogP contribution in [0.1, 0.15) is 13.8 Å². The summed E-state index contributed by atoms with van der Waals surface area (Å²) in [7, 11) is 0. The normalized spacial score (nSPS) is 17.6. The summed E-state index contributed by atoms with van der Waals surface area (Å²) in [5.74, 6) is -2.26. The average Bonchev–Trinajstić information content (AvgIpc) is 2.10. The maximum absolute atomic E-state index is 12.3. The molecule has 0 spiro atoms. The van der Waals surface area contributed by atoms with Gasteiger partial charge in [0.25, 0.3) is 5.13 Å². The minimum absolute atomic E-state index is 0.245. The molecule has 0 aromatic heterocycles. The van der Waals surface area contributed by atoms with Gasteiger partial charge in [-0.2, -0.15) is 26.3 Å². The fourth-order valence-electron chi connectivity index (χ4n) is 0. The summed E-state index contributed by atoms with van der Waals surface area (Å²) in [6.07, 6.45) is -9.82. The lowest BCUT2D eigenvalue weighted by Gasteiger charge is -2.19. The van der Waals surface area contributed by atoms with Gasteiger partial charge in [0.2, 0.25) is 8.92 Å². The van der Waals surface area contributed by atoms with Crippen LogP contribution in [0, 0.1) is 0 Å². The first-order chi connectivity index (χ1) is 9.44. The minimum Gasteiger partial charge on any atom is -0.222 e. The lowest BCUT2D eigenvalue weighted by Crippen LogP contribution is -2.31. The van der Waals surface area contributed by atoms with Crippen molar-refractivity contribution in [1.82, 2.24) is 0 Å². The zero-order valence-corrected chi connectivity index (χ0v) is 14.8. The molecule has 0 saturated heterocycles. The SMILES string of the molecule is C=C(F)C(F)(F)F.CC(F)(Cl)C(Cl)(Cl)Cl.CC(F)(Cl)C(F)(F)F. The van der Waals surface area contributed by atoms with Gasteiger partial charge in [-0.15, -0.1) is 0 Å². The van der Waals surface area contributed by atoms with Gasteiger partial charge in [0, 0.05) is 0 Å². The lowest BCUT2D eigenvalue weighted by molar-refractivity contribution is -0.192. The van der Waals surface area contributed by atoms with Crippen LogP contribution in [-0.2, 0) is 0 Å². The van der Waals surface area contributed by atoms with E-state index in [0.717, 1.165) is 6.92 Å². The second kappa shape index (κ2) is 9.31. The largest absolute Gasteiger partial charge is 0.442 e. The number of alkyl halides is 13. The van der Waals surface area contributed by atoms with Gasteiger partial charge in [0.15, 0.2) is 5.83 Å². The molecule has 0 fully saturated rings. The van der Waals surface area contributed by atoms with Crippen LogP contribution < -0.4 is 0 Å². The van der Waals surface area contributed by atoms with E-state index >= 15 is 0 Å². The molecule has 2 unspecified atom stereocenters. The van der Waals surface area contributed by atoms with E-state index in [9.17, 15) is 39.5 Å². The third kappa shape index (κ3) is 15.8. The van der Waals surface area contributed by atoms with Crippen LogP contribution in [0.5, 0.6) is 0 Å². The first-order valence-corrected chi connectivity index (χ1v) is 6.64. The molecule has 0 bridgehead atoms. The Bertz CT molecular complexity index is 308. The smallest absolute Gasteiger partial charge is 0.222 e. The molecule has 0 rings (SSSR count). The molecule has 0 nitrogen and oxygen atoms in total. The topological polar surface area (TPSA) is 0 Å². The van der Waals surface area contributed by atoms with E-state index in [1.165, 1.54) is 0 Å². The Kier molecular flexibility index (Phi) is 11.5. The molecule has 0 aliphatic heterocycles. The van der Waals surface area contributed by atoms with E-state index < -0.39 is 32.2 Å². The Morgan fingerprint density at radius 2 is 0.826 bits per heavy atom. The fourth-order valence-corrected chi connectivity index (χ4v) is 0. The Morgan fingerprint density at radius 3 is 0.826 bits per heavy atom. The van der Waals surface area contributed by atoms with E-state index in [-0.39, 0.29) is 6.92 Å². The Labute approximate surface area is 150 Å². The number of rotatable bonds is 0. The van der Waals surface area contributed by atoms with Crippen LogP contribution in [0.2, 0.25) is 0 Å². The van der Waals surface area contributed by atoms with Gasteiger partial charge in [0.1, 0.15) is 0 Å². The standard InChI is InChI=1S/C3H3Cl4F.C3H3ClF4.C3H2F4/c1-2(4,8)3(5,6)7;1-2(4,5)3(6,7)8;1-2(4)3(5,6)7/h2*1H3;1H2. The van der Waals surface area contributed by atoms with Crippen LogP contribution in [0.3, 0.4) is 0 Å². The summed E-state index contributed by atoms with van der Waals surface area (Å²) in [5.41, 5.74) is 0. The molecule has 0 aliphatic rings. The third-order valence-electron chi connectivity index (χ3n) is 1.30. The molecule has 142 valence electrons. The van der Waals surface area contributed by atoms with Crippen molar-refractivity contribution in [2.45, 2.75) is 40.2 Å². The van der Waals surface area contributed by atoms with E-state index in [1.54, 1.807) is 0 Å². The Hall–Kier alpha value is 0.560. The Balaban J connectivity index is -0.000000262. The minimum atomic E-state index is -4.96. The molecule has 23 heavy (non-hydrogen) atoms. The molecule has 0 heterocycles. The monoisotopic (exact) mass is 462 g/mol. The predicted octanol–water partition coefficient (Wildman–Crippen LogP) is 7.79. The van der Waals surface area contributed by atoms with Crippen molar-refractivity contribution < 1.29 is 39.5 Å². The number of hydrogen-bond acceptors (Lipinski definition) is 0. The second-order valence-corrected chi connectivity index (χ2v) is 7.38. The maximum Gasteiger partial charge on any atom is 0.442 e.